The summed E-state index contributed by atoms with van der Waals surface area (Å²) in [4.78, 5) is 24.1. The Morgan fingerprint density at radius 2 is 1.07 bits per heavy atom. The minimum atomic E-state index is -1.21. The summed E-state index contributed by atoms with van der Waals surface area (Å²) in [5.74, 6) is 0.915. The molecule has 2 rings (SSSR count). The summed E-state index contributed by atoms with van der Waals surface area (Å²) in [6.07, 6.45) is 13.8. The average Bonchev–Trinajstić information content (AvgIpc) is 3.03. The highest BCUT2D eigenvalue weighted by atomic mass is 16.5. The van der Waals surface area contributed by atoms with Gasteiger partial charge in [-0.1, -0.05) is 116 Å². The Hall–Kier alpha value is -3.02. The molecule has 0 saturated carbocycles. The molecule has 246 valence electrons. The summed E-state index contributed by atoms with van der Waals surface area (Å²) < 4.78 is 12.3. The average molecular weight is 611 g/mol. The van der Waals surface area contributed by atoms with Crippen LogP contribution in [0.1, 0.15) is 135 Å². The molecule has 2 N–H and O–H groups in total. The molecule has 0 heterocycles. The first-order valence-corrected chi connectivity index (χ1v) is 17.2. The summed E-state index contributed by atoms with van der Waals surface area (Å²) in [6.45, 7) is 10.1. The van der Waals surface area contributed by atoms with Crippen LogP contribution in [0.15, 0.2) is 48.5 Å². The Labute approximate surface area is 266 Å². The molecule has 0 aliphatic heterocycles. The molecule has 0 amide bonds. The number of hydrogen-bond acceptors (Lipinski definition) is 4. The van der Waals surface area contributed by atoms with E-state index in [0.717, 1.165) is 74.0 Å². The summed E-state index contributed by atoms with van der Waals surface area (Å²) in [7, 11) is 0. The smallest absolute Gasteiger partial charge is 0.318 e. The van der Waals surface area contributed by atoms with Gasteiger partial charge in [0.1, 0.15) is 16.9 Å². The number of rotatable bonds is 25. The molecule has 2 aromatic rings. The van der Waals surface area contributed by atoms with E-state index in [2.05, 4.69) is 27.7 Å². The minimum absolute atomic E-state index is 0.178. The van der Waals surface area contributed by atoms with Gasteiger partial charge in [-0.25, -0.2) is 0 Å². The standard InChI is InChI=1S/C38H58O6/c1-5-9-16-30(7-3)28-43-34-23-19-32(20-24-34)38(37(41)42,27-15-13-11-12-14-18-36(39)40)33-21-25-35(26-22-33)44-29-31(8-4)17-10-6-2/h19-26,30-31H,5-18,27-29H2,1-4H3,(H,39,40)(H,41,42). The van der Waals surface area contributed by atoms with Gasteiger partial charge in [0.05, 0.1) is 13.2 Å². The maximum Gasteiger partial charge on any atom is 0.318 e. The molecule has 44 heavy (non-hydrogen) atoms. The van der Waals surface area contributed by atoms with Crippen LogP contribution in [0.2, 0.25) is 0 Å². The van der Waals surface area contributed by atoms with Crippen molar-refractivity contribution in [3.63, 3.8) is 0 Å². The fraction of sp³-hybridized carbons (Fsp3) is 0.632. The van der Waals surface area contributed by atoms with Gasteiger partial charge in [0.25, 0.3) is 0 Å². The van der Waals surface area contributed by atoms with E-state index in [1.165, 1.54) is 25.7 Å². The van der Waals surface area contributed by atoms with Gasteiger partial charge in [-0.05, 0) is 72.9 Å². The first-order chi connectivity index (χ1) is 21.3. The zero-order valence-corrected chi connectivity index (χ0v) is 27.8. The molecule has 0 radical (unpaired) electrons. The van der Waals surface area contributed by atoms with Gasteiger partial charge in [-0.15, -0.1) is 0 Å². The van der Waals surface area contributed by atoms with Crippen molar-refractivity contribution >= 4 is 11.9 Å². The minimum Gasteiger partial charge on any atom is -0.493 e. The summed E-state index contributed by atoms with van der Waals surface area (Å²) in [5, 5.41) is 19.7. The van der Waals surface area contributed by atoms with Crippen LogP contribution in [-0.2, 0) is 15.0 Å². The zero-order chi connectivity index (χ0) is 32.2. The van der Waals surface area contributed by atoms with Crippen molar-refractivity contribution in [2.45, 2.75) is 129 Å². The SMILES string of the molecule is CCCCC(CC)COc1ccc(C(CCCCCCCC(=O)O)(C(=O)O)c2ccc(OCC(CC)CCCC)cc2)cc1. The second-order valence-corrected chi connectivity index (χ2v) is 12.4. The maximum atomic E-state index is 13.2. The van der Waals surface area contributed by atoms with Crippen LogP contribution in [0.5, 0.6) is 11.5 Å². The van der Waals surface area contributed by atoms with Crippen molar-refractivity contribution in [1.29, 1.82) is 0 Å². The van der Waals surface area contributed by atoms with Crippen LogP contribution < -0.4 is 9.47 Å². The lowest BCUT2D eigenvalue weighted by atomic mass is 9.71. The summed E-state index contributed by atoms with van der Waals surface area (Å²) in [6, 6.07) is 15.3. The van der Waals surface area contributed by atoms with E-state index in [9.17, 15) is 14.7 Å². The highest BCUT2D eigenvalue weighted by molar-refractivity contribution is 5.86. The van der Waals surface area contributed by atoms with Gasteiger partial charge in [0, 0.05) is 6.42 Å². The Morgan fingerprint density at radius 1 is 0.636 bits per heavy atom. The molecule has 0 aromatic heterocycles. The van der Waals surface area contributed by atoms with Crippen LogP contribution in [0.4, 0.5) is 0 Å². The summed E-state index contributed by atoms with van der Waals surface area (Å²) >= 11 is 0. The van der Waals surface area contributed by atoms with E-state index in [1.54, 1.807) is 0 Å². The van der Waals surface area contributed by atoms with E-state index in [1.807, 2.05) is 48.5 Å². The van der Waals surface area contributed by atoms with E-state index in [4.69, 9.17) is 14.6 Å². The van der Waals surface area contributed by atoms with Crippen molar-refractivity contribution in [3.8, 4) is 11.5 Å². The second kappa shape index (κ2) is 20.8. The van der Waals surface area contributed by atoms with Crippen molar-refractivity contribution in [2.75, 3.05) is 13.2 Å². The molecule has 2 unspecified atom stereocenters. The lowest BCUT2D eigenvalue weighted by molar-refractivity contribution is -0.142. The molecule has 0 saturated heterocycles. The number of carbonyl (C=O) groups is 2. The molecule has 0 fully saturated rings. The van der Waals surface area contributed by atoms with E-state index in [-0.39, 0.29) is 6.42 Å². The molecule has 0 bridgehead atoms. The lowest BCUT2D eigenvalue weighted by Crippen LogP contribution is -2.37. The maximum absolute atomic E-state index is 13.2. The molecule has 2 aromatic carbocycles. The van der Waals surface area contributed by atoms with Crippen molar-refractivity contribution in [1.82, 2.24) is 0 Å². The predicted molar refractivity (Wildman–Crippen MR) is 179 cm³/mol. The second-order valence-electron chi connectivity index (χ2n) is 12.4. The van der Waals surface area contributed by atoms with Gasteiger partial charge in [-0.3, -0.25) is 9.59 Å². The number of hydrogen-bond donors (Lipinski definition) is 2. The fourth-order valence-corrected chi connectivity index (χ4v) is 5.90. The van der Waals surface area contributed by atoms with Crippen LogP contribution in [0, 0.1) is 11.8 Å². The zero-order valence-electron chi connectivity index (χ0n) is 27.8. The van der Waals surface area contributed by atoms with Crippen LogP contribution in [0.3, 0.4) is 0 Å². The number of carboxylic acids is 2. The number of unbranched alkanes of at least 4 members (excludes halogenated alkanes) is 6. The van der Waals surface area contributed by atoms with Crippen molar-refractivity contribution < 1.29 is 29.3 Å². The monoisotopic (exact) mass is 610 g/mol. The van der Waals surface area contributed by atoms with Gasteiger partial charge >= 0.3 is 11.9 Å². The molecule has 0 aliphatic rings. The third kappa shape index (κ3) is 12.2. The van der Waals surface area contributed by atoms with E-state index in [0.29, 0.717) is 37.9 Å². The lowest BCUT2D eigenvalue weighted by Gasteiger charge is -2.31. The van der Waals surface area contributed by atoms with Crippen LogP contribution in [0.25, 0.3) is 0 Å². The van der Waals surface area contributed by atoms with E-state index < -0.39 is 17.4 Å². The molecular formula is C38H58O6. The van der Waals surface area contributed by atoms with Gasteiger partial charge in [0.2, 0.25) is 0 Å². The molecule has 6 nitrogen and oxygen atoms in total. The Kier molecular flexibility index (Phi) is 17.6. The number of carboxylic acid groups (broad SMARTS) is 2. The topological polar surface area (TPSA) is 93.1 Å². The Morgan fingerprint density at radius 3 is 1.45 bits per heavy atom. The summed E-state index contributed by atoms with van der Waals surface area (Å²) in [5.41, 5.74) is 0.263. The molecule has 0 spiro atoms. The first-order valence-electron chi connectivity index (χ1n) is 17.2. The molecule has 0 aliphatic carbocycles. The third-order valence-corrected chi connectivity index (χ3v) is 9.06. The third-order valence-electron chi connectivity index (χ3n) is 9.06. The van der Waals surface area contributed by atoms with Gasteiger partial charge < -0.3 is 19.7 Å². The first kappa shape index (κ1) is 37.2. The van der Waals surface area contributed by atoms with Crippen molar-refractivity contribution in [2.24, 2.45) is 11.8 Å². The quantitative estimate of drug-likeness (QED) is 0.109. The Bertz CT molecular complexity index is 998. The highest BCUT2D eigenvalue weighted by Gasteiger charge is 2.41. The normalized spacial score (nSPS) is 14.0. The molecule has 2 atom stereocenters. The van der Waals surface area contributed by atoms with Gasteiger partial charge in [0.15, 0.2) is 0 Å². The largest absolute Gasteiger partial charge is 0.493 e. The predicted octanol–water partition coefficient (Wildman–Crippen LogP) is 10.1. The van der Waals surface area contributed by atoms with Crippen LogP contribution >= 0.6 is 0 Å². The molecule has 6 heteroatoms. The fourth-order valence-electron chi connectivity index (χ4n) is 5.90. The van der Waals surface area contributed by atoms with Crippen molar-refractivity contribution in [3.05, 3.63) is 59.7 Å². The number of benzene rings is 2. The highest BCUT2D eigenvalue weighted by Crippen LogP contribution is 2.39. The van der Waals surface area contributed by atoms with Gasteiger partial charge in [-0.2, -0.15) is 0 Å². The number of aliphatic carboxylic acids is 2. The molecular weight excluding hydrogens is 552 g/mol. The Balaban J connectivity index is 2.25. The van der Waals surface area contributed by atoms with Crippen LogP contribution in [-0.4, -0.2) is 35.4 Å². The van der Waals surface area contributed by atoms with E-state index >= 15 is 0 Å². The number of ether oxygens (including phenoxy) is 2.